The molecular formula is C20H27NO2. The summed E-state index contributed by atoms with van der Waals surface area (Å²) in [6, 6.07) is 7.84. The Kier molecular flexibility index (Phi) is 3.72. The summed E-state index contributed by atoms with van der Waals surface area (Å²) in [5, 5.41) is 13.0. The largest absolute Gasteiger partial charge is 0.478 e. The molecule has 0 heterocycles. The molecule has 23 heavy (non-hydrogen) atoms. The van der Waals surface area contributed by atoms with Gasteiger partial charge in [-0.15, -0.1) is 0 Å². The number of aromatic carboxylic acids is 1. The lowest BCUT2D eigenvalue weighted by atomic mass is 9.48. The molecule has 0 aromatic heterocycles. The maximum absolute atomic E-state index is 11.4. The van der Waals surface area contributed by atoms with Crippen molar-refractivity contribution in [3.8, 4) is 0 Å². The van der Waals surface area contributed by atoms with Crippen molar-refractivity contribution >= 4 is 5.97 Å². The van der Waals surface area contributed by atoms with Crippen molar-refractivity contribution in [2.75, 3.05) is 0 Å². The zero-order valence-corrected chi connectivity index (χ0v) is 13.9. The number of nitrogens with one attached hydrogen (secondary N) is 1. The number of rotatable bonds is 5. The molecule has 124 valence electrons. The fourth-order valence-electron chi connectivity index (χ4n) is 6.07. The van der Waals surface area contributed by atoms with E-state index in [-0.39, 0.29) is 0 Å². The van der Waals surface area contributed by atoms with Gasteiger partial charge in [-0.3, -0.25) is 0 Å². The second-order valence-corrected chi connectivity index (χ2v) is 8.34. The average Bonchev–Trinajstić information content (AvgIpc) is 2.51. The minimum atomic E-state index is -0.829. The van der Waals surface area contributed by atoms with Crippen molar-refractivity contribution < 1.29 is 9.90 Å². The molecule has 1 aromatic carbocycles. The average molecular weight is 313 g/mol. The van der Waals surface area contributed by atoms with Gasteiger partial charge in [0.2, 0.25) is 0 Å². The summed E-state index contributed by atoms with van der Waals surface area (Å²) in [6.07, 6.45) is 8.55. The summed E-state index contributed by atoms with van der Waals surface area (Å²) >= 11 is 0. The van der Waals surface area contributed by atoms with Gasteiger partial charge in [-0.05, 0) is 80.2 Å². The first-order valence-corrected chi connectivity index (χ1v) is 9.10. The molecule has 5 rings (SSSR count). The zero-order valence-electron chi connectivity index (χ0n) is 13.9. The highest BCUT2D eigenvalue weighted by molar-refractivity contribution is 5.89. The fraction of sp³-hybridized carbons (Fsp3) is 0.650. The van der Waals surface area contributed by atoms with Gasteiger partial charge in [0.25, 0.3) is 0 Å². The number of hydrogen-bond acceptors (Lipinski definition) is 2. The molecule has 3 heteroatoms. The highest BCUT2D eigenvalue weighted by atomic mass is 16.4. The maximum atomic E-state index is 11.4. The molecule has 3 nitrogen and oxygen atoms in total. The van der Waals surface area contributed by atoms with Gasteiger partial charge in [-0.1, -0.05) is 18.2 Å². The van der Waals surface area contributed by atoms with E-state index in [2.05, 4.69) is 12.2 Å². The van der Waals surface area contributed by atoms with Gasteiger partial charge in [0.05, 0.1) is 5.56 Å². The van der Waals surface area contributed by atoms with Crippen LogP contribution in [0.4, 0.5) is 0 Å². The lowest BCUT2D eigenvalue weighted by Gasteiger charge is -2.59. The standard InChI is InChI=1S/C20H27NO2/c1-13(21-12-17-4-2-3-5-18(17)19(22)23)20-9-14-6-15(10-20)8-16(7-14)11-20/h2-5,13-16,21H,6-12H2,1H3,(H,22,23). The lowest BCUT2D eigenvalue weighted by molar-refractivity contribution is -0.0706. The first-order valence-electron chi connectivity index (χ1n) is 9.10. The summed E-state index contributed by atoms with van der Waals surface area (Å²) in [4.78, 5) is 11.4. The van der Waals surface area contributed by atoms with Gasteiger partial charge in [-0.25, -0.2) is 4.79 Å². The van der Waals surface area contributed by atoms with Gasteiger partial charge >= 0.3 is 5.97 Å². The first kappa shape index (κ1) is 15.2. The van der Waals surface area contributed by atoms with Gasteiger partial charge in [-0.2, -0.15) is 0 Å². The van der Waals surface area contributed by atoms with Crippen molar-refractivity contribution in [3.05, 3.63) is 35.4 Å². The van der Waals surface area contributed by atoms with Gasteiger partial charge < -0.3 is 10.4 Å². The van der Waals surface area contributed by atoms with Crippen molar-refractivity contribution in [1.29, 1.82) is 0 Å². The minimum Gasteiger partial charge on any atom is -0.478 e. The Balaban J connectivity index is 1.47. The van der Waals surface area contributed by atoms with Crippen molar-refractivity contribution in [2.45, 2.75) is 58.0 Å². The van der Waals surface area contributed by atoms with Crippen LogP contribution in [-0.4, -0.2) is 17.1 Å². The first-order chi connectivity index (χ1) is 11.1. The third-order valence-corrected chi connectivity index (χ3v) is 6.85. The SMILES string of the molecule is CC(NCc1ccccc1C(=O)O)C12CC3CC(CC(C3)C1)C2. The number of carbonyl (C=O) groups is 1. The number of carboxylic acid groups (broad SMARTS) is 1. The third kappa shape index (κ3) is 2.69. The smallest absolute Gasteiger partial charge is 0.336 e. The molecule has 4 bridgehead atoms. The molecule has 4 aliphatic rings. The number of benzene rings is 1. The van der Waals surface area contributed by atoms with Crippen molar-refractivity contribution in [1.82, 2.24) is 5.32 Å². The number of carboxylic acids is 1. The predicted octanol–water partition coefficient (Wildman–Crippen LogP) is 4.08. The molecule has 0 spiro atoms. The Morgan fingerprint density at radius 3 is 2.30 bits per heavy atom. The molecule has 4 saturated carbocycles. The van der Waals surface area contributed by atoms with Gasteiger partial charge in [0.1, 0.15) is 0 Å². The second kappa shape index (κ2) is 5.62. The van der Waals surface area contributed by atoms with Crippen LogP contribution in [0, 0.1) is 23.2 Å². The highest BCUT2D eigenvalue weighted by Crippen LogP contribution is 2.61. The van der Waals surface area contributed by atoms with Crippen LogP contribution < -0.4 is 5.32 Å². The van der Waals surface area contributed by atoms with E-state index in [9.17, 15) is 9.90 Å². The number of hydrogen-bond donors (Lipinski definition) is 2. The summed E-state index contributed by atoms with van der Waals surface area (Å²) in [5.41, 5.74) is 1.79. The van der Waals surface area contributed by atoms with Crippen LogP contribution in [0.3, 0.4) is 0 Å². The van der Waals surface area contributed by atoms with E-state index >= 15 is 0 Å². The Labute approximate surface area is 138 Å². The van der Waals surface area contributed by atoms with Crippen LogP contribution in [-0.2, 0) is 6.54 Å². The Bertz CT molecular complexity index is 574. The molecule has 1 aromatic rings. The summed E-state index contributed by atoms with van der Waals surface area (Å²) in [6.45, 7) is 2.99. The van der Waals surface area contributed by atoms with Crippen LogP contribution in [0.2, 0.25) is 0 Å². The minimum absolute atomic E-state index is 0.428. The van der Waals surface area contributed by atoms with E-state index in [4.69, 9.17) is 0 Å². The molecule has 4 aliphatic carbocycles. The van der Waals surface area contributed by atoms with E-state index in [1.54, 1.807) is 12.1 Å². The molecule has 2 N–H and O–H groups in total. The summed E-state index contributed by atoms with van der Waals surface area (Å²) in [5.74, 6) is 2.04. The molecule has 0 radical (unpaired) electrons. The molecule has 4 fully saturated rings. The molecule has 0 aliphatic heterocycles. The highest BCUT2D eigenvalue weighted by Gasteiger charge is 2.52. The van der Waals surface area contributed by atoms with Crippen LogP contribution >= 0.6 is 0 Å². The van der Waals surface area contributed by atoms with Crippen LogP contribution in [0.15, 0.2) is 24.3 Å². The van der Waals surface area contributed by atoms with E-state index in [1.807, 2.05) is 12.1 Å². The maximum Gasteiger partial charge on any atom is 0.336 e. The second-order valence-electron chi connectivity index (χ2n) is 8.34. The Morgan fingerprint density at radius 1 is 1.17 bits per heavy atom. The summed E-state index contributed by atoms with van der Waals surface area (Å²) < 4.78 is 0. The van der Waals surface area contributed by atoms with E-state index in [1.165, 1.54) is 38.5 Å². The molecule has 0 amide bonds. The Morgan fingerprint density at radius 2 is 1.74 bits per heavy atom. The quantitative estimate of drug-likeness (QED) is 0.861. The predicted molar refractivity (Wildman–Crippen MR) is 90.3 cm³/mol. The Hall–Kier alpha value is -1.35. The fourth-order valence-corrected chi connectivity index (χ4v) is 6.07. The topological polar surface area (TPSA) is 49.3 Å². The lowest BCUT2D eigenvalue weighted by Crippen LogP contribution is -2.54. The van der Waals surface area contributed by atoms with Crippen LogP contribution in [0.5, 0.6) is 0 Å². The van der Waals surface area contributed by atoms with Gasteiger partial charge in [0, 0.05) is 12.6 Å². The van der Waals surface area contributed by atoms with Crippen LogP contribution in [0.1, 0.15) is 61.4 Å². The summed E-state index contributed by atoms with van der Waals surface area (Å²) in [7, 11) is 0. The zero-order chi connectivity index (χ0) is 16.0. The molecular weight excluding hydrogens is 286 g/mol. The molecule has 1 atom stereocenters. The van der Waals surface area contributed by atoms with E-state index in [0.29, 0.717) is 23.6 Å². The van der Waals surface area contributed by atoms with Crippen molar-refractivity contribution in [3.63, 3.8) is 0 Å². The van der Waals surface area contributed by atoms with E-state index < -0.39 is 5.97 Å². The normalized spacial score (nSPS) is 36.1. The van der Waals surface area contributed by atoms with Crippen molar-refractivity contribution in [2.24, 2.45) is 23.2 Å². The molecule has 1 unspecified atom stereocenters. The third-order valence-electron chi connectivity index (χ3n) is 6.85. The molecule has 0 saturated heterocycles. The van der Waals surface area contributed by atoms with Gasteiger partial charge in [0.15, 0.2) is 0 Å². The monoisotopic (exact) mass is 313 g/mol. The van der Waals surface area contributed by atoms with E-state index in [0.717, 1.165) is 23.3 Å². The van der Waals surface area contributed by atoms with Crippen LogP contribution in [0.25, 0.3) is 0 Å².